The molecule has 150 valence electrons. The zero-order valence-electron chi connectivity index (χ0n) is 16.8. The monoisotopic (exact) mass is 390 g/mol. The van der Waals surface area contributed by atoms with Crippen molar-refractivity contribution in [3.63, 3.8) is 0 Å². The number of hydrogen-bond acceptors (Lipinski definition) is 5. The van der Waals surface area contributed by atoms with Gasteiger partial charge in [-0.2, -0.15) is 4.98 Å². The van der Waals surface area contributed by atoms with Crippen LogP contribution in [-0.4, -0.2) is 58.6 Å². The van der Waals surface area contributed by atoms with Crippen LogP contribution in [0.2, 0.25) is 0 Å². The average molecular weight is 390 g/mol. The van der Waals surface area contributed by atoms with Crippen LogP contribution in [0.15, 0.2) is 59.1 Å². The number of rotatable bonds is 6. The van der Waals surface area contributed by atoms with Gasteiger partial charge in [0.2, 0.25) is 11.7 Å². The quantitative estimate of drug-likeness (QED) is 0.645. The fourth-order valence-corrected chi connectivity index (χ4v) is 3.57. The smallest absolute Gasteiger partial charge is 0.253 e. The Morgan fingerprint density at radius 2 is 1.72 bits per heavy atom. The summed E-state index contributed by atoms with van der Waals surface area (Å²) in [6.07, 6.45) is 1.73. The Hall–Kier alpha value is -2.99. The van der Waals surface area contributed by atoms with Gasteiger partial charge < -0.3 is 9.42 Å². The van der Waals surface area contributed by atoms with E-state index in [1.807, 2.05) is 59.5 Å². The summed E-state index contributed by atoms with van der Waals surface area (Å²) in [6, 6.07) is 17.6. The van der Waals surface area contributed by atoms with Crippen LogP contribution in [0.4, 0.5) is 0 Å². The van der Waals surface area contributed by atoms with Crippen LogP contribution >= 0.6 is 0 Å². The highest BCUT2D eigenvalue weighted by molar-refractivity contribution is 5.94. The number of hydrogen-bond donors (Lipinski definition) is 0. The lowest BCUT2D eigenvalue weighted by molar-refractivity contribution is 0.0635. The number of aromatic nitrogens is 2. The number of nitrogens with zero attached hydrogens (tertiary/aromatic N) is 4. The Labute approximate surface area is 171 Å². The van der Waals surface area contributed by atoms with E-state index in [0.717, 1.165) is 56.7 Å². The van der Waals surface area contributed by atoms with Crippen molar-refractivity contribution in [2.75, 3.05) is 32.7 Å². The molecule has 2 aromatic carbocycles. The summed E-state index contributed by atoms with van der Waals surface area (Å²) in [5.74, 6) is 1.45. The molecule has 1 amide bonds. The molecular weight excluding hydrogens is 364 g/mol. The molecule has 1 aliphatic rings. The third kappa shape index (κ3) is 4.90. The Morgan fingerprint density at radius 1 is 1.00 bits per heavy atom. The van der Waals surface area contributed by atoms with E-state index < -0.39 is 0 Å². The average Bonchev–Trinajstić information content (AvgIpc) is 3.24. The van der Waals surface area contributed by atoms with Crippen LogP contribution < -0.4 is 0 Å². The summed E-state index contributed by atoms with van der Waals surface area (Å²) in [6.45, 7) is 6.37. The number of carbonyl (C=O) groups is 1. The van der Waals surface area contributed by atoms with Gasteiger partial charge in [-0.1, -0.05) is 53.2 Å². The number of carbonyl (C=O) groups excluding carboxylic acids is 1. The first-order valence-corrected chi connectivity index (χ1v) is 10.2. The molecule has 0 bridgehead atoms. The van der Waals surface area contributed by atoms with Gasteiger partial charge in [0.1, 0.15) is 0 Å². The van der Waals surface area contributed by atoms with Crippen molar-refractivity contribution < 1.29 is 9.32 Å². The zero-order chi connectivity index (χ0) is 20.1. The van der Waals surface area contributed by atoms with Crippen LogP contribution in [0.25, 0.3) is 11.4 Å². The van der Waals surface area contributed by atoms with Crippen molar-refractivity contribution in [1.82, 2.24) is 19.9 Å². The molecular formula is C23H26N4O2. The fraction of sp³-hybridized carbons (Fsp3) is 0.348. The van der Waals surface area contributed by atoms with Gasteiger partial charge in [-0.25, -0.2) is 0 Å². The van der Waals surface area contributed by atoms with Crippen molar-refractivity contribution in [2.24, 2.45) is 0 Å². The van der Waals surface area contributed by atoms with Crippen LogP contribution in [0.5, 0.6) is 0 Å². The minimum Gasteiger partial charge on any atom is -0.339 e. The summed E-state index contributed by atoms with van der Waals surface area (Å²) >= 11 is 0. The molecule has 1 saturated heterocycles. The normalized spacial score (nSPS) is 14.9. The third-order valence-electron chi connectivity index (χ3n) is 5.32. The van der Waals surface area contributed by atoms with Gasteiger partial charge in [-0.15, -0.1) is 0 Å². The summed E-state index contributed by atoms with van der Waals surface area (Å²) in [4.78, 5) is 21.4. The van der Waals surface area contributed by atoms with Gasteiger partial charge in [0.25, 0.3) is 5.91 Å². The SMILES string of the molecule is Cc1ccc(-c2noc(CCCN3CCN(C(=O)c4ccccc4)CC3)n2)cc1. The molecule has 0 saturated carbocycles. The van der Waals surface area contributed by atoms with Crippen LogP contribution in [0, 0.1) is 6.92 Å². The molecule has 29 heavy (non-hydrogen) atoms. The molecule has 0 radical (unpaired) electrons. The zero-order valence-corrected chi connectivity index (χ0v) is 16.8. The maximum absolute atomic E-state index is 12.5. The molecule has 1 aliphatic heterocycles. The molecule has 6 heteroatoms. The molecule has 3 aromatic rings. The Kier molecular flexibility index (Phi) is 6.00. The van der Waals surface area contributed by atoms with E-state index in [0.29, 0.717) is 11.7 Å². The second-order valence-corrected chi connectivity index (χ2v) is 7.48. The second-order valence-electron chi connectivity index (χ2n) is 7.48. The number of piperazine rings is 1. The largest absolute Gasteiger partial charge is 0.339 e. The third-order valence-corrected chi connectivity index (χ3v) is 5.32. The predicted octanol–water partition coefficient (Wildman–Crippen LogP) is 3.44. The molecule has 1 fully saturated rings. The van der Waals surface area contributed by atoms with Gasteiger partial charge >= 0.3 is 0 Å². The molecule has 0 spiro atoms. The molecule has 2 heterocycles. The summed E-state index contributed by atoms with van der Waals surface area (Å²) in [5.41, 5.74) is 2.95. The first-order valence-electron chi connectivity index (χ1n) is 10.2. The number of amides is 1. The first kappa shape index (κ1) is 19.3. The van der Waals surface area contributed by atoms with E-state index in [1.54, 1.807) is 0 Å². The van der Waals surface area contributed by atoms with Crippen molar-refractivity contribution in [3.05, 3.63) is 71.6 Å². The molecule has 0 unspecified atom stereocenters. The highest BCUT2D eigenvalue weighted by Crippen LogP contribution is 2.17. The maximum atomic E-state index is 12.5. The fourth-order valence-electron chi connectivity index (χ4n) is 3.57. The summed E-state index contributed by atoms with van der Waals surface area (Å²) in [7, 11) is 0. The van der Waals surface area contributed by atoms with Crippen LogP contribution in [-0.2, 0) is 6.42 Å². The molecule has 6 nitrogen and oxygen atoms in total. The van der Waals surface area contributed by atoms with E-state index in [9.17, 15) is 4.79 Å². The van der Waals surface area contributed by atoms with Gasteiger partial charge in [0.15, 0.2) is 0 Å². The predicted molar refractivity (Wildman–Crippen MR) is 112 cm³/mol. The molecule has 0 N–H and O–H groups in total. The number of aryl methyl sites for hydroxylation is 2. The molecule has 4 rings (SSSR count). The maximum Gasteiger partial charge on any atom is 0.253 e. The van der Waals surface area contributed by atoms with E-state index >= 15 is 0 Å². The van der Waals surface area contributed by atoms with Gasteiger partial charge in [0, 0.05) is 43.7 Å². The lowest BCUT2D eigenvalue weighted by atomic mass is 10.1. The highest BCUT2D eigenvalue weighted by atomic mass is 16.5. The Morgan fingerprint density at radius 3 is 2.45 bits per heavy atom. The van der Waals surface area contributed by atoms with E-state index in [2.05, 4.69) is 22.0 Å². The lowest BCUT2D eigenvalue weighted by Crippen LogP contribution is -2.48. The van der Waals surface area contributed by atoms with Crippen LogP contribution in [0.1, 0.15) is 28.2 Å². The van der Waals surface area contributed by atoms with Gasteiger partial charge in [-0.3, -0.25) is 9.69 Å². The summed E-state index contributed by atoms with van der Waals surface area (Å²) in [5, 5.41) is 4.10. The van der Waals surface area contributed by atoms with Crippen LogP contribution in [0.3, 0.4) is 0 Å². The van der Waals surface area contributed by atoms with Gasteiger partial charge in [0.05, 0.1) is 0 Å². The molecule has 1 aromatic heterocycles. The van der Waals surface area contributed by atoms with Crippen molar-refractivity contribution in [2.45, 2.75) is 19.8 Å². The summed E-state index contributed by atoms with van der Waals surface area (Å²) < 4.78 is 5.40. The first-order chi connectivity index (χ1) is 14.2. The minimum absolute atomic E-state index is 0.125. The lowest BCUT2D eigenvalue weighted by Gasteiger charge is -2.34. The van der Waals surface area contributed by atoms with Gasteiger partial charge in [-0.05, 0) is 32.0 Å². The molecule has 0 aliphatic carbocycles. The van der Waals surface area contributed by atoms with Crippen molar-refractivity contribution in [1.29, 1.82) is 0 Å². The Balaban J connectivity index is 1.21. The Bertz CT molecular complexity index is 929. The van der Waals surface area contributed by atoms with E-state index in [1.165, 1.54) is 5.56 Å². The van der Waals surface area contributed by atoms with E-state index in [-0.39, 0.29) is 5.91 Å². The second kappa shape index (κ2) is 9.01. The van der Waals surface area contributed by atoms with Crippen molar-refractivity contribution in [3.8, 4) is 11.4 Å². The highest BCUT2D eigenvalue weighted by Gasteiger charge is 2.21. The standard InChI is InChI=1S/C23H26N4O2/c1-18-9-11-19(12-10-18)22-24-21(29-25-22)8-5-13-26-14-16-27(17-15-26)23(28)20-6-3-2-4-7-20/h2-4,6-7,9-12H,5,8,13-17H2,1H3. The topological polar surface area (TPSA) is 62.5 Å². The molecule has 0 atom stereocenters. The minimum atomic E-state index is 0.125. The number of benzene rings is 2. The van der Waals surface area contributed by atoms with E-state index in [4.69, 9.17) is 4.52 Å². The van der Waals surface area contributed by atoms with Crippen molar-refractivity contribution >= 4 is 5.91 Å².